The second-order valence-electron chi connectivity index (χ2n) is 5.07. The number of ether oxygens (including phenoxy) is 2. The molecule has 0 radical (unpaired) electrons. The highest BCUT2D eigenvalue weighted by atomic mass is 16.5. The predicted octanol–water partition coefficient (Wildman–Crippen LogP) is 2.25. The van der Waals surface area contributed by atoms with Gasteiger partial charge in [0.2, 0.25) is 0 Å². The molecule has 1 fully saturated rings. The maximum Gasteiger partial charge on any atom is 0.119 e. The molecular weight excluding hydrogens is 256 g/mol. The first-order valence-corrected chi connectivity index (χ1v) is 6.93. The topological polar surface area (TPSA) is 54.3 Å². The lowest BCUT2D eigenvalue weighted by atomic mass is 9.98. The Hall–Kier alpha value is -1.75. The number of nitrogens with zero attached hydrogens (tertiary/aromatic N) is 2. The van der Waals surface area contributed by atoms with Crippen LogP contribution in [-0.4, -0.2) is 49.2 Å². The summed E-state index contributed by atoms with van der Waals surface area (Å²) in [5, 5.41) is 12.2. The Bertz CT molecular complexity index is 445. The summed E-state index contributed by atoms with van der Waals surface area (Å²) in [4.78, 5) is 2.34. The van der Waals surface area contributed by atoms with Crippen LogP contribution < -0.4 is 9.47 Å². The largest absolute Gasteiger partial charge is 0.497 e. The minimum Gasteiger partial charge on any atom is -0.497 e. The van der Waals surface area contributed by atoms with E-state index in [0.717, 1.165) is 43.3 Å². The monoisotopic (exact) mass is 278 g/mol. The second-order valence-corrected chi connectivity index (χ2v) is 5.07. The summed E-state index contributed by atoms with van der Waals surface area (Å²) >= 11 is 0. The van der Waals surface area contributed by atoms with E-state index < -0.39 is 0 Å². The van der Waals surface area contributed by atoms with E-state index in [9.17, 15) is 0 Å². The molecule has 0 spiro atoms. The lowest BCUT2D eigenvalue weighted by Gasteiger charge is -2.31. The maximum atomic E-state index is 8.85. The fourth-order valence-corrected chi connectivity index (χ4v) is 2.42. The highest BCUT2D eigenvalue weighted by Crippen LogP contribution is 2.17. The number of rotatable bonds is 5. The number of oxime groups is 1. The lowest BCUT2D eigenvalue weighted by molar-refractivity contribution is 0.189. The molecule has 0 amide bonds. The zero-order valence-electron chi connectivity index (χ0n) is 12.1. The van der Waals surface area contributed by atoms with Crippen LogP contribution in [0.5, 0.6) is 11.5 Å². The van der Waals surface area contributed by atoms with Gasteiger partial charge in [0.05, 0.1) is 12.8 Å². The van der Waals surface area contributed by atoms with Gasteiger partial charge < -0.3 is 14.7 Å². The molecule has 1 saturated heterocycles. The van der Waals surface area contributed by atoms with Gasteiger partial charge in [0.1, 0.15) is 18.1 Å². The molecule has 1 aromatic rings. The van der Waals surface area contributed by atoms with Gasteiger partial charge in [-0.05, 0) is 24.3 Å². The average Bonchev–Trinajstić information content (AvgIpc) is 2.48. The van der Waals surface area contributed by atoms with Gasteiger partial charge in [-0.1, -0.05) is 12.1 Å². The third-order valence-corrected chi connectivity index (χ3v) is 3.65. The van der Waals surface area contributed by atoms with Crippen molar-refractivity contribution in [2.24, 2.45) is 11.1 Å². The zero-order valence-corrected chi connectivity index (χ0v) is 12.1. The van der Waals surface area contributed by atoms with Crippen LogP contribution in [0.1, 0.15) is 13.3 Å². The molecule has 2 rings (SSSR count). The van der Waals surface area contributed by atoms with Gasteiger partial charge in [0, 0.05) is 32.0 Å². The molecule has 0 aliphatic carbocycles. The first-order valence-electron chi connectivity index (χ1n) is 6.93. The van der Waals surface area contributed by atoms with Gasteiger partial charge in [-0.25, -0.2) is 0 Å². The van der Waals surface area contributed by atoms with E-state index in [0.29, 0.717) is 12.5 Å². The molecule has 0 saturated carbocycles. The minimum absolute atomic E-state index is 0.315. The van der Waals surface area contributed by atoms with Crippen molar-refractivity contribution in [1.29, 1.82) is 0 Å². The smallest absolute Gasteiger partial charge is 0.119 e. The highest BCUT2D eigenvalue weighted by molar-refractivity contribution is 5.86. The fraction of sp³-hybridized carbons (Fsp3) is 0.533. The van der Waals surface area contributed by atoms with E-state index in [1.165, 1.54) is 0 Å². The molecule has 110 valence electrons. The summed E-state index contributed by atoms with van der Waals surface area (Å²) in [5.41, 5.74) is 0.900. The molecule has 1 unspecified atom stereocenters. The molecular formula is C15H22N2O3. The van der Waals surface area contributed by atoms with E-state index in [4.69, 9.17) is 14.7 Å². The van der Waals surface area contributed by atoms with Crippen molar-refractivity contribution < 1.29 is 14.7 Å². The van der Waals surface area contributed by atoms with Gasteiger partial charge in [-0.2, -0.15) is 0 Å². The summed E-state index contributed by atoms with van der Waals surface area (Å²) in [6, 6.07) is 7.60. The van der Waals surface area contributed by atoms with Crippen LogP contribution in [0.3, 0.4) is 0 Å². The molecule has 1 N–H and O–H groups in total. The van der Waals surface area contributed by atoms with Crippen molar-refractivity contribution in [3.63, 3.8) is 0 Å². The van der Waals surface area contributed by atoms with E-state index >= 15 is 0 Å². The Morgan fingerprint density at radius 3 is 2.60 bits per heavy atom. The summed E-state index contributed by atoms with van der Waals surface area (Å²) < 4.78 is 10.8. The predicted molar refractivity (Wildman–Crippen MR) is 77.9 cm³/mol. The second kappa shape index (κ2) is 7.14. The van der Waals surface area contributed by atoms with Crippen LogP contribution in [0.25, 0.3) is 0 Å². The normalized spacial score (nSPS) is 21.9. The summed E-state index contributed by atoms with van der Waals surface area (Å²) in [6.45, 7) is 5.48. The number of hydrogen-bond donors (Lipinski definition) is 1. The van der Waals surface area contributed by atoms with Crippen molar-refractivity contribution >= 4 is 5.71 Å². The van der Waals surface area contributed by atoms with Gasteiger partial charge in [-0.3, -0.25) is 4.90 Å². The van der Waals surface area contributed by atoms with Crippen molar-refractivity contribution in [3.8, 4) is 11.5 Å². The number of methoxy groups -OCH3 is 1. The third kappa shape index (κ3) is 3.87. The Kier molecular flexibility index (Phi) is 5.24. The number of benzene rings is 1. The Balaban J connectivity index is 1.73. The van der Waals surface area contributed by atoms with E-state index in [-0.39, 0.29) is 0 Å². The Morgan fingerprint density at radius 1 is 1.30 bits per heavy atom. The summed E-state index contributed by atoms with van der Waals surface area (Å²) in [6.07, 6.45) is 0.834. The van der Waals surface area contributed by atoms with Crippen LogP contribution in [0.15, 0.2) is 29.4 Å². The van der Waals surface area contributed by atoms with E-state index in [1.54, 1.807) is 7.11 Å². The van der Waals surface area contributed by atoms with Crippen LogP contribution in [0.4, 0.5) is 0 Å². The van der Waals surface area contributed by atoms with Gasteiger partial charge >= 0.3 is 0 Å². The Labute approximate surface area is 119 Å². The standard InChI is InChI=1S/C15H22N2O3/c1-12-11-17(8-7-15(12)16-18)9-10-20-14-5-3-13(19-2)4-6-14/h3-6,12,18H,7-11H2,1-2H3/b16-15-. The SMILES string of the molecule is COc1ccc(OCCN2CC/C(=N/O)C(C)C2)cc1. The van der Waals surface area contributed by atoms with Crippen molar-refractivity contribution in [2.75, 3.05) is 33.4 Å². The molecule has 5 nitrogen and oxygen atoms in total. The third-order valence-electron chi connectivity index (χ3n) is 3.65. The van der Waals surface area contributed by atoms with E-state index in [2.05, 4.69) is 17.0 Å². The Morgan fingerprint density at radius 2 is 2.00 bits per heavy atom. The van der Waals surface area contributed by atoms with Gasteiger partial charge in [0.15, 0.2) is 0 Å². The molecule has 1 aliphatic rings. The highest BCUT2D eigenvalue weighted by Gasteiger charge is 2.22. The average molecular weight is 278 g/mol. The van der Waals surface area contributed by atoms with Crippen LogP contribution in [-0.2, 0) is 0 Å². The van der Waals surface area contributed by atoms with Crippen molar-refractivity contribution in [3.05, 3.63) is 24.3 Å². The van der Waals surface area contributed by atoms with Crippen LogP contribution in [0, 0.1) is 5.92 Å². The van der Waals surface area contributed by atoms with Crippen molar-refractivity contribution in [1.82, 2.24) is 4.90 Å². The first-order chi connectivity index (χ1) is 9.72. The summed E-state index contributed by atoms with van der Waals surface area (Å²) in [7, 11) is 1.65. The first kappa shape index (κ1) is 14.7. The maximum absolute atomic E-state index is 8.85. The molecule has 1 aromatic carbocycles. The molecule has 5 heteroatoms. The van der Waals surface area contributed by atoms with Gasteiger partial charge in [-0.15, -0.1) is 0 Å². The quantitative estimate of drug-likeness (QED) is 0.663. The van der Waals surface area contributed by atoms with Crippen LogP contribution in [0.2, 0.25) is 0 Å². The van der Waals surface area contributed by atoms with Gasteiger partial charge in [0.25, 0.3) is 0 Å². The fourth-order valence-electron chi connectivity index (χ4n) is 2.42. The summed E-state index contributed by atoms with van der Waals surface area (Å²) in [5.74, 6) is 2.00. The molecule has 20 heavy (non-hydrogen) atoms. The minimum atomic E-state index is 0.315. The number of likely N-dealkylation sites (tertiary alicyclic amines) is 1. The van der Waals surface area contributed by atoms with Crippen LogP contribution >= 0.6 is 0 Å². The van der Waals surface area contributed by atoms with Crippen molar-refractivity contribution in [2.45, 2.75) is 13.3 Å². The zero-order chi connectivity index (χ0) is 14.4. The number of piperidine rings is 1. The van der Waals surface area contributed by atoms with E-state index in [1.807, 2.05) is 24.3 Å². The number of hydrogen-bond acceptors (Lipinski definition) is 5. The molecule has 1 heterocycles. The molecule has 0 bridgehead atoms. The molecule has 1 aliphatic heterocycles. The molecule has 1 atom stereocenters. The lowest BCUT2D eigenvalue weighted by Crippen LogP contribution is -2.41. The molecule has 0 aromatic heterocycles.